The number of aryl methyl sites for hydroxylation is 1. The van der Waals surface area contributed by atoms with Gasteiger partial charge in [-0.05, 0) is 63.9 Å². The average molecular weight is 504 g/mol. The maximum atomic E-state index is 12.6. The summed E-state index contributed by atoms with van der Waals surface area (Å²) in [6.45, 7) is 8.74. The topological polar surface area (TPSA) is 127 Å². The number of fused-ring (bicyclic) bond motifs is 2. The molecule has 192 valence electrons. The van der Waals surface area contributed by atoms with Crippen molar-refractivity contribution in [3.63, 3.8) is 0 Å². The van der Waals surface area contributed by atoms with Gasteiger partial charge in [0.2, 0.25) is 0 Å². The van der Waals surface area contributed by atoms with E-state index in [9.17, 15) is 14.9 Å². The zero-order valence-electron chi connectivity index (χ0n) is 21.2. The summed E-state index contributed by atoms with van der Waals surface area (Å²) >= 11 is 0. The van der Waals surface area contributed by atoms with Crippen LogP contribution in [0.25, 0.3) is 11.3 Å². The van der Waals surface area contributed by atoms with Gasteiger partial charge < -0.3 is 19.9 Å². The minimum Gasteiger partial charge on any atom is -0.444 e. The number of pyridine rings is 3. The number of hydrogen-bond acceptors (Lipinski definition) is 9. The number of carbonyl (C=O) groups is 1. The number of aromatic nitrogens is 3. The smallest absolute Gasteiger partial charge is 0.410 e. The molecule has 11 nitrogen and oxygen atoms in total. The first-order valence-electron chi connectivity index (χ1n) is 12.1. The number of amides is 1. The Labute approximate surface area is 214 Å². The molecular weight excluding hydrogens is 474 g/mol. The summed E-state index contributed by atoms with van der Waals surface area (Å²) in [6.07, 6.45) is 3.90. The third kappa shape index (κ3) is 5.30. The lowest BCUT2D eigenvalue weighted by atomic mass is 10.1. The fraction of sp³-hybridized carbons (Fsp3) is 0.385. The molecule has 2 aliphatic rings. The van der Waals surface area contributed by atoms with Crippen molar-refractivity contribution in [2.45, 2.75) is 51.8 Å². The number of nitro groups is 1. The number of nitrogens with zero attached hydrogens (tertiary/aromatic N) is 6. The predicted molar refractivity (Wildman–Crippen MR) is 139 cm³/mol. The Kier molecular flexibility index (Phi) is 6.14. The van der Waals surface area contributed by atoms with Gasteiger partial charge in [0.1, 0.15) is 23.1 Å². The number of rotatable bonds is 5. The summed E-state index contributed by atoms with van der Waals surface area (Å²) in [5.74, 6) is 1.63. The quantitative estimate of drug-likeness (QED) is 0.389. The van der Waals surface area contributed by atoms with E-state index in [1.165, 1.54) is 12.1 Å². The number of ether oxygens (including phenoxy) is 1. The average Bonchev–Trinajstić information content (AvgIpc) is 3.44. The molecule has 5 heterocycles. The largest absolute Gasteiger partial charge is 0.444 e. The van der Waals surface area contributed by atoms with Crippen LogP contribution in [0.3, 0.4) is 0 Å². The van der Waals surface area contributed by atoms with Crippen LogP contribution >= 0.6 is 0 Å². The molecule has 0 unspecified atom stereocenters. The molecule has 37 heavy (non-hydrogen) atoms. The Morgan fingerprint density at radius 1 is 1.08 bits per heavy atom. The van der Waals surface area contributed by atoms with Gasteiger partial charge in [-0.2, -0.15) is 0 Å². The van der Waals surface area contributed by atoms with Gasteiger partial charge in [-0.15, -0.1) is 0 Å². The third-order valence-corrected chi connectivity index (χ3v) is 6.40. The van der Waals surface area contributed by atoms with E-state index < -0.39 is 10.5 Å². The Bertz CT molecular complexity index is 1360. The summed E-state index contributed by atoms with van der Waals surface area (Å²) in [7, 11) is 0. The molecule has 2 aliphatic heterocycles. The van der Waals surface area contributed by atoms with E-state index in [4.69, 9.17) is 4.74 Å². The SMILES string of the molecule is Cc1ccnc(Nc2cc([N+](=O)[O-])cc(-c3ccnc(N4C[C@@H]5C[C@H]4CN5C(=O)OC(C)(C)C)c3)n2)c1. The van der Waals surface area contributed by atoms with E-state index >= 15 is 0 Å². The monoisotopic (exact) mass is 503 g/mol. The molecule has 2 fully saturated rings. The fourth-order valence-electron chi connectivity index (χ4n) is 4.80. The van der Waals surface area contributed by atoms with Crippen LogP contribution in [0, 0.1) is 17.0 Å². The van der Waals surface area contributed by atoms with Crippen LogP contribution in [0.15, 0.2) is 48.8 Å². The summed E-state index contributed by atoms with van der Waals surface area (Å²) in [5, 5.41) is 14.7. The van der Waals surface area contributed by atoms with Crippen molar-refractivity contribution in [2.24, 2.45) is 0 Å². The molecule has 0 spiro atoms. The van der Waals surface area contributed by atoms with Crippen molar-refractivity contribution in [3.05, 3.63) is 64.5 Å². The first-order valence-corrected chi connectivity index (χ1v) is 12.1. The van der Waals surface area contributed by atoms with Crippen LogP contribution in [0.1, 0.15) is 32.8 Å². The van der Waals surface area contributed by atoms with Crippen LogP contribution in [-0.4, -0.2) is 61.6 Å². The summed E-state index contributed by atoms with van der Waals surface area (Å²) < 4.78 is 5.56. The summed E-state index contributed by atoms with van der Waals surface area (Å²) in [5.41, 5.74) is 1.55. The van der Waals surface area contributed by atoms with E-state index in [2.05, 4.69) is 25.2 Å². The number of carbonyl (C=O) groups excluding carboxylic acids is 1. The lowest BCUT2D eigenvalue weighted by Gasteiger charge is -2.35. The molecule has 3 aromatic heterocycles. The molecule has 0 aliphatic carbocycles. The van der Waals surface area contributed by atoms with Crippen molar-refractivity contribution < 1.29 is 14.5 Å². The van der Waals surface area contributed by atoms with Crippen LogP contribution in [0.2, 0.25) is 0 Å². The van der Waals surface area contributed by atoms with Gasteiger partial charge >= 0.3 is 6.09 Å². The minimum absolute atomic E-state index is 0.0545. The minimum atomic E-state index is -0.539. The third-order valence-electron chi connectivity index (χ3n) is 6.40. The normalized spacial score (nSPS) is 18.7. The molecule has 11 heteroatoms. The molecule has 1 N–H and O–H groups in total. The highest BCUT2D eigenvalue weighted by atomic mass is 16.6. The second kappa shape index (κ2) is 9.30. The van der Waals surface area contributed by atoms with Crippen molar-refractivity contribution in [3.8, 4) is 11.3 Å². The number of piperazine rings is 1. The molecule has 5 rings (SSSR count). The molecule has 0 aromatic carbocycles. The fourth-order valence-corrected chi connectivity index (χ4v) is 4.80. The second-order valence-corrected chi connectivity index (χ2v) is 10.4. The second-order valence-electron chi connectivity index (χ2n) is 10.4. The number of nitrogens with one attached hydrogen (secondary N) is 1. The van der Waals surface area contributed by atoms with Gasteiger partial charge in [0.05, 0.1) is 28.8 Å². The van der Waals surface area contributed by atoms with Crippen molar-refractivity contribution in [1.82, 2.24) is 19.9 Å². The summed E-state index contributed by atoms with van der Waals surface area (Å²) in [4.78, 5) is 41.2. The van der Waals surface area contributed by atoms with Crippen LogP contribution in [0.5, 0.6) is 0 Å². The Balaban J connectivity index is 1.38. The van der Waals surface area contributed by atoms with E-state index in [1.54, 1.807) is 23.4 Å². The van der Waals surface area contributed by atoms with Crippen LogP contribution in [-0.2, 0) is 4.74 Å². The Morgan fingerprint density at radius 2 is 1.86 bits per heavy atom. The molecule has 0 saturated carbocycles. The summed E-state index contributed by atoms with van der Waals surface area (Å²) in [6, 6.07) is 10.4. The number of likely N-dealkylation sites (tertiary alicyclic amines) is 1. The van der Waals surface area contributed by atoms with E-state index in [0.29, 0.717) is 36.0 Å². The van der Waals surface area contributed by atoms with Gasteiger partial charge in [-0.3, -0.25) is 10.1 Å². The Morgan fingerprint density at radius 3 is 2.54 bits per heavy atom. The number of anilines is 3. The maximum Gasteiger partial charge on any atom is 0.410 e. The van der Waals surface area contributed by atoms with Crippen molar-refractivity contribution in [1.29, 1.82) is 0 Å². The Hall–Kier alpha value is -4.28. The molecule has 3 aromatic rings. The first kappa shape index (κ1) is 24.4. The van der Waals surface area contributed by atoms with Crippen molar-refractivity contribution in [2.75, 3.05) is 23.3 Å². The van der Waals surface area contributed by atoms with Crippen molar-refractivity contribution >= 4 is 29.2 Å². The lowest BCUT2D eigenvalue weighted by molar-refractivity contribution is -0.384. The van der Waals surface area contributed by atoms with E-state index in [0.717, 1.165) is 17.8 Å². The maximum absolute atomic E-state index is 12.6. The van der Waals surface area contributed by atoms with E-state index in [1.807, 2.05) is 45.9 Å². The highest BCUT2D eigenvalue weighted by Crippen LogP contribution is 2.36. The molecule has 2 saturated heterocycles. The van der Waals surface area contributed by atoms with Crippen LogP contribution < -0.4 is 10.2 Å². The molecular formula is C26H29N7O4. The lowest BCUT2D eigenvalue weighted by Crippen LogP contribution is -2.50. The van der Waals surface area contributed by atoms with Gasteiger partial charge in [0.25, 0.3) is 5.69 Å². The highest BCUT2D eigenvalue weighted by Gasteiger charge is 2.47. The molecule has 1 amide bonds. The van der Waals surface area contributed by atoms with Gasteiger partial charge in [0, 0.05) is 37.1 Å². The molecule has 0 radical (unpaired) electrons. The molecule has 2 atom stereocenters. The first-order chi connectivity index (χ1) is 17.6. The highest BCUT2D eigenvalue weighted by molar-refractivity contribution is 5.72. The zero-order valence-corrected chi connectivity index (χ0v) is 21.2. The number of hydrogen-bond donors (Lipinski definition) is 1. The van der Waals surface area contributed by atoms with Gasteiger partial charge in [0.15, 0.2) is 0 Å². The predicted octanol–water partition coefficient (Wildman–Crippen LogP) is 4.70. The standard InChI is InChI=1S/C26H29N7O4/c1-16-5-7-27-22(9-16)30-23-13-18(33(35)36)12-21(29-23)17-6-8-28-24(10-17)31-14-20-11-19(31)15-32(20)25(34)37-26(2,3)4/h5-10,12-13,19-20H,11,14-15H2,1-4H3,(H,27,29,30)/t19-,20-/m0/s1. The van der Waals surface area contributed by atoms with Gasteiger partial charge in [-0.1, -0.05) is 0 Å². The van der Waals surface area contributed by atoms with E-state index in [-0.39, 0.29) is 23.9 Å². The molecule has 2 bridgehead atoms. The van der Waals surface area contributed by atoms with Gasteiger partial charge in [-0.25, -0.2) is 19.7 Å². The van der Waals surface area contributed by atoms with Crippen LogP contribution in [0.4, 0.5) is 27.9 Å². The zero-order chi connectivity index (χ0) is 26.3.